The summed E-state index contributed by atoms with van der Waals surface area (Å²) in [7, 11) is 0. The number of benzene rings is 1. The number of hydrogen-bond acceptors (Lipinski definition) is 4. The molecule has 0 bridgehead atoms. The van der Waals surface area contributed by atoms with Crippen LogP contribution in [0.25, 0.3) is 10.2 Å². The summed E-state index contributed by atoms with van der Waals surface area (Å²) in [6.45, 7) is 2.55. The van der Waals surface area contributed by atoms with Crippen molar-refractivity contribution in [3.63, 3.8) is 0 Å². The van der Waals surface area contributed by atoms with Gasteiger partial charge in [-0.1, -0.05) is 36.0 Å². The van der Waals surface area contributed by atoms with Crippen LogP contribution in [0.2, 0.25) is 0 Å². The highest BCUT2D eigenvalue weighted by molar-refractivity contribution is 7.22. The molecule has 2 amide bonds. The van der Waals surface area contributed by atoms with E-state index in [0.29, 0.717) is 24.4 Å². The Bertz CT molecular complexity index is 841. The van der Waals surface area contributed by atoms with E-state index in [-0.39, 0.29) is 11.8 Å². The van der Waals surface area contributed by atoms with Crippen LogP contribution >= 0.6 is 11.3 Å². The lowest BCUT2D eigenvalue weighted by Crippen LogP contribution is -2.25. The highest BCUT2D eigenvalue weighted by Gasteiger charge is 2.09. The van der Waals surface area contributed by atoms with Crippen molar-refractivity contribution in [1.82, 2.24) is 10.3 Å². The number of amides is 2. The zero-order chi connectivity index (χ0) is 19.1. The predicted octanol–water partition coefficient (Wildman–Crippen LogP) is 4.58. The lowest BCUT2D eigenvalue weighted by molar-refractivity contribution is -0.121. The van der Waals surface area contributed by atoms with Gasteiger partial charge in [-0.25, -0.2) is 4.98 Å². The van der Waals surface area contributed by atoms with Crippen molar-refractivity contribution >= 4 is 38.5 Å². The van der Waals surface area contributed by atoms with Crippen molar-refractivity contribution in [3.8, 4) is 0 Å². The first-order chi connectivity index (χ1) is 13.1. The Hall–Kier alpha value is -2.21. The maximum atomic E-state index is 12.1. The molecule has 0 saturated heterocycles. The third-order valence-electron chi connectivity index (χ3n) is 4.81. The molecule has 1 aliphatic rings. The minimum atomic E-state index is -0.0325. The molecular weight excluding hydrogens is 358 g/mol. The molecule has 3 rings (SSSR count). The molecule has 0 fully saturated rings. The lowest BCUT2D eigenvalue weighted by atomic mass is 9.97. The first kappa shape index (κ1) is 19.5. The molecule has 0 radical (unpaired) electrons. The fraction of sp³-hybridized carbons (Fsp3) is 0.476. The number of carbonyl (C=O) groups excluding carboxylic acids is 2. The zero-order valence-corrected chi connectivity index (χ0v) is 16.7. The average molecular weight is 386 g/mol. The van der Waals surface area contributed by atoms with Gasteiger partial charge >= 0.3 is 0 Å². The van der Waals surface area contributed by atoms with Crippen LogP contribution in [-0.2, 0) is 16.0 Å². The number of aryl methyl sites for hydroxylation is 1. The van der Waals surface area contributed by atoms with E-state index in [9.17, 15) is 9.59 Å². The number of aromatic nitrogens is 1. The number of carbonyl (C=O) groups is 2. The fourth-order valence-electron chi connectivity index (χ4n) is 3.23. The van der Waals surface area contributed by atoms with Gasteiger partial charge in [-0.2, -0.15) is 0 Å². The molecule has 0 saturated carbocycles. The van der Waals surface area contributed by atoms with Crippen molar-refractivity contribution < 1.29 is 9.59 Å². The van der Waals surface area contributed by atoms with E-state index in [1.54, 1.807) is 0 Å². The van der Waals surface area contributed by atoms with Gasteiger partial charge < -0.3 is 10.6 Å². The predicted molar refractivity (Wildman–Crippen MR) is 111 cm³/mol. The number of rotatable bonds is 8. The van der Waals surface area contributed by atoms with Crippen LogP contribution in [-0.4, -0.2) is 23.3 Å². The molecule has 2 aromatic rings. The maximum absolute atomic E-state index is 12.1. The normalized spacial score (nSPS) is 14.0. The van der Waals surface area contributed by atoms with Gasteiger partial charge in [-0.3, -0.25) is 9.59 Å². The van der Waals surface area contributed by atoms with Gasteiger partial charge in [-0.15, -0.1) is 0 Å². The van der Waals surface area contributed by atoms with Crippen LogP contribution in [0.5, 0.6) is 0 Å². The van der Waals surface area contributed by atoms with Gasteiger partial charge in [0.05, 0.1) is 10.2 Å². The monoisotopic (exact) mass is 385 g/mol. The molecule has 2 N–H and O–H groups in total. The van der Waals surface area contributed by atoms with E-state index in [1.807, 2.05) is 19.1 Å². The SMILES string of the molecule is CCC(=O)Nc1nc2ccc(CCC(=O)NCCC3=CCCCC3)cc2s1. The van der Waals surface area contributed by atoms with E-state index in [4.69, 9.17) is 0 Å². The van der Waals surface area contributed by atoms with Crippen LogP contribution in [0.15, 0.2) is 29.8 Å². The summed E-state index contributed by atoms with van der Waals surface area (Å²) in [5.74, 6) is 0.0710. The Morgan fingerprint density at radius 2 is 2.07 bits per heavy atom. The molecule has 6 heteroatoms. The van der Waals surface area contributed by atoms with Crippen molar-refractivity contribution in [3.05, 3.63) is 35.4 Å². The van der Waals surface area contributed by atoms with Crippen LogP contribution in [0.4, 0.5) is 5.13 Å². The minimum Gasteiger partial charge on any atom is -0.356 e. The van der Waals surface area contributed by atoms with Crippen molar-refractivity contribution in [2.24, 2.45) is 0 Å². The largest absolute Gasteiger partial charge is 0.356 e. The van der Waals surface area contributed by atoms with E-state index in [0.717, 1.165) is 28.7 Å². The van der Waals surface area contributed by atoms with Gasteiger partial charge in [0.2, 0.25) is 11.8 Å². The second-order valence-corrected chi connectivity index (χ2v) is 7.96. The number of anilines is 1. The molecule has 5 nitrogen and oxygen atoms in total. The quantitative estimate of drug-likeness (QED) is 0.653. The molecule has 1 aromatic heterocycles. The summed E-state index contributed by atoms with van der Waals surface area (Å²) in [6.07, 6.45) is 9.89. The standard InChI is InChI=1S/C21H27N3O2S/c1-2-19(25)24-21-23-17-10-8-16(14-18(17)27-21)9-11-20(26)22-13-12-15-6-4-3-5-7-15/h6,8,10,14H,2-5,7,9,11-13H2,1H3,(H,22,26)(H,23,24,25). The Balaban J connectivity index is 1.46. The molecule has 1 heterocycles. The van der Waals surface area contributed by atoms with Gasteiger partial charge in [0.1, 0.15) is 0 Å². The topological polar surface area (TPSA) is 71.1 Å². The summed E-state index contributed by atoms with van der Waals surface area (Å²) in [5, 5.41) is 6.46. The number of nitrogens with one attached hydrogen (secondary N) is 2. The molecular formula is C21H27N3O2S. The van der Waals surface area contributed by atoms with E-state index >= 15 is 0 Å². The van der Waals surface area contributed by atoms with Crippen molar-refractivity contribution in [1.29, 1.82) is 0 Å². The van der Waals surface area contributed by atoms with Gasteiger partial charge in [0.15, 0.2) is 5.13 Å². The van der Waals surface area contributed by atoms with Crippen LogP contribution in [0.3, 0.4) is 0 Å². The maximum Gasteiger partial charge on any atom is 0.225 e. The molecule has 0 atom stereocenters. The van der Waals surface area contributed by atoms with Crippen LogP contribution < -0.4 is 10.6 Å². The van der Waals surface area contributed by atoms with Gasteiger partial charge in [0, 0.05) is 19.4 Å². The summed E-state index contributed by atoms with van der Waals surface area (Å²) < 4.78 is 1.03. The molecule has 0 unspecified atom stereocenters. The summed E-state index contributed by atoms with van der Waals surface area (Å²) in [4.78, 5) is 28.0. The number of hydrogen-bond donors (Lipinski definition) is 2. The van der Waals surface area contributed by atoms with E-state index in [1.165, 1.54) is 42.6 Å². The highest BCUT2D eigenvalue weighted by Crippen LogP contribution is 2.27. The summed E-state index contributed by atoms with van der Waals surface area (Å²) in [5.41, 5.74) is 3.48. The van der Waals surface area contributed by atoms with E-state index < -0.39 is 0 Å². The molecule has 0 spiro atoms. The Morgan fingerprint density at radius 1 is 1.19 bits per heavy atom. The molecule has 0 aliphatic heterocycles. The second-order valence-electron chi connectivity index (χ2n) is 6.93. The first-order valence-corrected chi connectivity index (χ1v) is 10.6. The van der Waals surface area contributed by atoms with E-state index in [2.05, 4.69) is 27.8 Å². The molecule has 1 aliphatic carbocycles. The third kappa shape index (κ3) is 5.89. The number of nitrogens with zero attached hydrogens (tertiary/aromatic N) is 1. The number of thiazole rings is 1. The Kier molecular flexibility index (Phi) is 6.98. The summed E-state index contributed by atoms with van der Waals surface area (Å²) in [6, 6.07) is 6.03. The van der Waals surface area contributed by atoms with Gasteiger partial charge in [0.25, 0.3) is 0 Å². The average Bonchev–Trinajstić information content (AvgIpc) is 3.08. The zero-order valence-electron chi connectivity index (χ0n) is 15.8. The molecule has 144 valence electrons. The minimum absolute atomic E-state index is 0.0325. The highest BCUT2D eigenvalue weighted by atomic mass is 32.1. The first-order valence-electron chi connectivity index (χ1n) is 9.78. The third-order valence-corrected chi connectivity index (χ3v) is 5.75. The van der Waals surface area contributed by atoms with Gasteiger partial charge in [-0.05, 0) is 56.2 Å². The Morgan fingerprint density at radius 3 is 2.85 bits per heavy atom. The van der Waals surface area contributed by atoms with Crippen LogP contribution in [0.1, 0.15) is 57.4 Å². The van der Waals surface area contributed by atoms with Crippen molar-refractivity contribution in [2.45, 2.75) is 58.3 Å². The molecule has 27 heavy (non-hydrogen) atoms. The van der Waals surface area contributed by atoms with Crippen molar-refractivity contribution in [2.75, 3.05) is 11.9 Å². The van der Waals surface area contributed by atoms with Crippen LogP contribution in [0, 0.1) is 0 Å². The second kappa shape index (κ2) is 9.65. The fourth-order valence-corrected chi connectivity index (χ4v) is 4.17. The number of allylic oxidation sites excluding steroid dienone is 1. The summed E-state index contributed by atoms with van der Waals surface area (Å²) >= 11 is 1.47. The Labute approximate surface area is 164 Å². The lowest BCUT2D eigenvalue weighted by Gasteiger charge is -2.12. The smallest absolute Gasteiger partial charge is 0.225 e. The molecule has 1 aromatic carbocycles. The number of fused-ring (bicyclic) bond motifs is 1.